The maximum absolute atomic E-state index is 12.2. The largest absolute Gasteiger partial charge is 0.399 e. The number of hydrogen-bond donors (Lipinski definition) is 2. The molecule has 20 heavy (non-hydrogen) atoms. The van der Waals surface area contributed by atoms with Crippen molar-refractivity contribution in [2.45, 2.75) is 45.1 Å². The van der Waals surface area contributed by atoms with Crippen LogP contribution in [-0.4, -0.2) is 25.5 Å². The van der Waals surface area contributed by atoms with Gasteiger partial charge in [0.25, 0.3) is 5.91 Å². The van der Waals surface area contributed by atoms with Crippen LogP contribution in [0.5, 0.6) is 0 Å². The molecule has 1 saturated carbocycles. The van der Waals surface area contributed by atoms with Gasteiger partial charge in [-0.05, 0) is 38.0 Å². The van der Waals surface area contributed by atoms with Crippen molar-refractivity contribution >= 4 is 17.3 Å². The minimum absolute atomic E-state index is 0.0230. The summed E-state index contributed by atoms with van der Waals surface area (Å²) < 4.78 is 0. The van der Waals surface area contributed by atoms with Gasteiger partial charge in [0.15, 0.2) is 0 Å². The third-order valence-electron chi connectivity index (χ3n) is 4.11. The molecule has 1 aromatic rings. The van der Waals surface area contributed by atoms with Gasteiger partial charge in [0.2, 0.25) is 0 Å². The fourth-order valence-corrected chi connectivity index (χ4v) is 2.95. The van der Waals surface area contributed by atoms with E-state index in [0.29, 0.717) is 23.8 Å². The maximum atomic E-state index is 12.2. The van der Waals surface area contributed by atoms with Crippen molar-refractivity contribution in [3.05, 3.63) is 23.8 Å². The molecule has 0 heterocycles. The molecule has 2 rings (SSSR count). The van der Waals surface area contributed by atoms with Gasteiger partial charge in [0, 0.05) is 25.3 Å². The van der Waals surface area contributed by atoms with Gasteiger partial charge in [-0.1, -0.05) is 19.3 Å². The van der Waals surface area contributed by atoms with Crippen LogP contribution in [0.1, 0.15) is 49.4 Å². The van der Waals surface area contributed by atoms with E-state index in [-0.39, 0.29) is 5.91 Å². The van der Waals surface area contributed by atoms with Gasteiger partial charge >= 0.3 is 0 Å². The Bertz CT molecular complexity index is 467. The SMILES string of the molecule is CCNC(=O)c1ccc(N)cc1N(C)C1CCCCC1. The molecule has 0 radical (unpaired) electrons. The molecule has 1 aliphatic carbocycles. The highest BCUT2D eigenvalue weighted by atomic mass is 16.1. The Morgan fingerprint density at radius 1 is 1.35 bits per heavy atom. The number of anilines is 2. The molecule has 1 aromatic carbocycles. The molecule has 1 fully saturated rings. The predicted molar refractivity (Wildman–Crippen MR) is 84.1 cm³/mol. The lowest BCUT2D eigenvalue weighted by Gasteiger charge is -2.34. The molecule has 0 spiro atoms. The number of carbonyl (C=O) groups excluding carboxylic acids is 1. The lowest BCUT2D eigenvalue weighted by atomic mass is 9.93. The zero-order valence-corrected chi connectivity index (χ0v) is 12.5. The highest BCUT2D eigenvalue weighted by Gasteiger charge is 2.22. The molecule has 0 bridgehead atoms. The second-order valence-electron chi connectivity index (χ2n) is 5.54. The van der Waals surface area contributed by atoms with Crippen molar-refractivity contribution in [3.63, 3.8) is 0 Å². The summed E-state index contributed by atoms with van der Waals surface area (Å²) in [5.74, 6) is -0.0230. The minimum atomic E-state index is -0.0230. The summed E-state index contributed by atoms with van der Waals surface area (Å²) in [4.78, 5) is 14.4. The highest BCUT2D eigenvalue weighted by molar-refractivity contribution is 6.00. The molecular weight excluding hydrogens is 250 g/mol. The topological polar surface area (TPSA) is 58.4 Å². The molecule has 0 saturated heterocycles. The van der Waals surface area contributed by atoms with Crippen molar-refractivity contribution in [2.24, 2.45) is 0 Å². The molecule has 0 aliphatic heterocycles. The second kappa shape index (κ2) is 6.64. The van der Waals surface area contributed by atoms with E-state index in [1.165, 1.54) is 32.1 Å². The zero-order valence-electron chi connectivity index (χ0n) is 12.5. The summed E-state index contributed by atoms with van der Waals surface area (Å²) in [7, 11) is 2.08. The average molecular weight is 275 g/mol. The van der Waals surface area contributed by atoms with Crippen LogP contribution in [0.3, 0.4) is 0 Å². The van der Waals surface area contributed by atoms with Crippen molar-refractivity contribution in [2.75, 3.05) is 24.2 Å². The normalized spacial score (nSPS) is 15.9. The van der Waals surface area contributed by atoms with Crippen LogP contribution in [0, 0.1) is 0 Å². The maximum Gasteiger partial charge on any atom is 0.253 e. The third kappa shape index (κ3) is 3.24. The summed E-state index contributed by atoms with van der Waals surface area (Å²) in [5.41, 5.74) is 8.28. The first-order chi connectivity index (χ1) is 9.63. The first kappa shape index (κ1) is 14.7. The van der Waals surface area contributed by atoms with Crippen LogP contribution in [0.25, 0.3) is 0 Å². The Morgan fingerprint density at radius 2 is 2.05 bits per heavy atom. The number of nitrogens with zero attached hydrogens (tertiary/aromatic N) is 1. The van der Waals surface area contributed by atoms with E-state index in [1.807, 2.05) is 19.1 Å². The first-order valence-corrected chi connectivity index (χ1v) is 7.54. The molecule has 0 unspecified atom stereocenters. The molecule has 3 N–H and O–H groups in total. The second-order valence-corrected chi connectivity index (χ2v) is 5.54. The Kier molecular flexibility index (Phi) is 4.88. The number of rotatable bonds is 4. The van der Waals surface area contributed by atoms with Crippen LogP contribution in [0.4, 0.5) is 11.4 Å². The summed E-state index contributed by atoms with van der Waals surface area (Å²) in [6.45, 7) is 2.56. The van der Waals surface area contributed by atoms with E-state index in [4.69, 9.17) is 5.73 Å². The fourth-order valence-electron chi connectivity index (χ4n) is 2.95. The first-order valence-electron chi connectivity index (χ1n) is 7.54. The molecule has 110 valence electrons. The number of amides is 1. The van der Waals surface area contributed by atoms with E-state index in [9.17, 15) is 4.79 Å². The number of benzene rings is 1. The van der Waals surface area contributed by atoms with Crippen LogP contribution in [-0.2, 0) is 0 Å². The quantitative estimate of drug-likeness (QED) is 0.831. The Balaban J connectivity index is 2.27. The van der Waals surface area contributed by atoms with Crippen molar-refractivity contribution in [1.82, 2.24) is 5.32 Å². The Hall–Kier alpha value is -1.71. The number of hydrogen-bond acceptors (Lipinski definition) is 3. The number of nitrogens with two attached hydrogens (primary N) is 1. The highest BCUT2D eigenvalue weighted by Crippen LogP contribution is 2.29. The summed E-state index contributed by atoms with van der Waals surface area (Å²) in [6, 6.07) is 6.05. The van der Waals surface area contributed by atoms with Gasteiger partial charge in [0.05, 0.1) is 11.3 Å². The Labute approximate surface area is 121 Å². The van der Waals surface area contributed by atoms with E-state index >= 15 is 0 Å². The van der Waals surface area contributed by atoms with E-state index < -0.39 is 0 Å². The van der Waals surface area contributed by atoms with Crippen LogP contribution >= 0.6 is 0 Å². The molecule has 4 nitrogen and oxygen atoms in total. The van der Waals surface area contributed by atoms with E-state index in [2.05, 4.69) is 17.3 Å². The number of nitrogen functional groups attached to an aromatic ring is 1. The molecule has 1 aliphatic rings. The number of carbonyl (C=O) groups is 1. The molecule has 0 atom stereocenters. The summed E-state index contributed by atoms with van der Waals surface area (Å²) >= 11 is 0. The smallest absolute Gasteiger partial charge is 0.253 e. The van der Waals surface area contributed by atoms with Gasteiger partial charge in [-0.2, -0.15) is 0 Å². The van der Waals surface area contributed by atoms with Gasteiger partial charge in [-0.25, -0.2) is 0 Å². The predicted octanol–water partition coefficient (Wildman–Crippen LogP) is 2.79. The van der Waals surface area contributed by atoms with E-state index in [0.717, 1.165) is 5.69 Å². The lowest BCUT2D eigenvalue weighted by Crippen LogP contribution is -2.35. The van der Waals surface area contributed by atoms with Crippen LogP contribution in [0.2, 0.25) is 0 Å². The lowest BCUT2D eigenvalue weighted by molar-refractivity contribution is 0.0956. The molecule has 4 heteroatoms. The molecule has 1 amide bonds. The zero-order chi connectivity index (χ0) is 14.5. The fraction of sp³-hybridized carbons (Fsp3) is 0.562. The van der Waals surface area contributed by atoms with Crippen molar-refractivity contribution in [1.29, 1.82) is 0 Å². The summed E-state index contributed by atoms with van der Waals surface area (Å²) in [6.07, 6.45) is 6.26. The Morgan fingerprint density at radius 3 is 2.70 bits per heavy atom. The van der Waals surface area contributed by atoms with Crippen molar-refractivity contribution in [3.8, 4) is 0 Å². The third-order valence-corrected chi connectivity index (χ3v) is 4.11. The number of nitrogens with one attached hydrogen (secondary N) is 1. The molecule has 0 aromatic heterocycles. The van der Waals surface area contributed by atoms with E-state index in [1.54, 1.807) is 6.07 Å². The summed E-state index contributed by atoms with van der Waals surface area (Å²) in [5, 5.41) is 2.87. The van der Waals surface area contributed by atoms with Gasteiger partial charge < -0.3 is 16.0 Å². The van der Waals surface area contributed by atoms with Crippen LogP contribution < -0.4 is 16.0 Å². The van der Waals surface area contributed by atoms with Gasteiger partial charge in [-0.15, -0.1) is 0 Å². The minimum Gasteiger partial charge on any atom is -0.399 e. The van der Waals surface area contributed by atoms with Crippen molar-refractivity contribution < 1.29 is 4.79 Å². The average Bonchev–Trinajstić information content (AvgIpc) is 2.47. The monoisotopic (exact) mass is 275 g/mol. The standard InChI is InChI=1S/C16H25N3O/c1-3-18-16(20)14-10-9-12(17)11-15(14)19(2)13-7-5-4-6-8-13/h9-11,13H,3-8,17H2,1-2H3,(H,18,20). The molecular formula is C16H25N3O. The van der Waals surface area contributed by atoms with Gasteiger partial charge in [0.1, 0.15) is 0 Å². The van der Waals surface area contributed by atoms with Crippen LogP contribution in [0.15, 0.2) is 18.2 Å². The van der Waals surface area contributed by atoms with Gasteiger partial charge in [-0.3, -0.25) is 4.79 Å².